The van der Waals surface area contributed by atoms with E-state index >= 15 is 0 Å². The van der Waals surface area contributed by atoms with Crippen LogP contribution in [0.25, 0.3) is 0 Å². The van der Waals surface area contributed by atoms with Crippen molar-refractivity contribution >= 4 is 11.6 Å². The van der Waals surface area contributed by atoms with Gasteiger partial charge in [-0.2, -0.15) is 13.2 Å². The van der Waals surface area contributed by atoms with Crippen LogP contribution in [-0.2, 0) is 11.7 Å². The Morgan fingerprint density at radius 1 is 1.00 bits per heavy atom. The first kappa shape index (κ1) is 17.7. The quantitative estimate of drug-likeness (QED) is 0.811. The fraction of sp³-hybridized carbons (Fsp3) is 0.250. The highest BCUT2D eigenvalue weighted by molar-refractivity contribution is 6.30. The standard InChI is InChI=1S/C16H15ClF4N2/c1-15(23,10-3-5-11(6-4-10)16(19,20)21)14(22)9-2-7-12(17)13(18)8-9/h2-8,14H,22-23H2,1H3/t14-,15+/m1/s1. The van der Waals surface area contributed by atoms with E-state index in [0.29, 0.717) is 11.1 Å². The zero-order valence-electron chi connectivity index (χ0n) is 12.2. The van der Waals surface area contributed by atoms with E-state index in [0.717, 1.165) is 12.1 Å². The van der Waals surface area contributed by atoms with Crippen LogP contribution in [-0.4, -0.2) is 0 Å². The van der Waals surface area contributed by atoms with Gasteiger partial charge in [-0.05, 0) is 42.3 Å². The van der Waals surface area contributed by atoms with Crippen LogP contribution < -0.4 is 11.5 Å². The van der Waals surface area contributed by atoms with Crippen LogP contribution in [0.4, 0.5) is 17.6 Å². The number of nitrogens with two attached hydrogens (primary N) is 2. The van der Waals surface area contributed by atoms with Gasteiger partial charge < -0.3 is 11.5 Å². The number of benzene rings is 2. The van der Waals surface area contributed by atoms with Gasteiger partial charge in [-0.1, -0.05) is 29.8 Å². The largest absolute Gasteiger partial charge is 0.416 e. The van der Waals surface area contributed by atoms with Crippen molar-refractivity contribution in [3.05, 3.63) is 70.0 Å². The molecule has 0 aliphatic rings. The van der Waals surface area contributed by atoms with E-state index in [1.54, 1.807) is 6.92 Å². The van der Waals surface area contributed by atoms with Crippen LogP contribution in [0.1, 0.15) is 29.7 Å². The van der Waals surface area contributed by atoms with E-state index in [4.69, 9.17) is 23.1 Å². The molecular weight excluding hydrogens is 332 g/mol. The molecule has 23 heavy (non-hydrogen) atoms. The summed E-state index contributed by atoms with van der Waals surface area (Å²) in [6.07, 6.45) is -4.43. The summed E-state index contributed by atoms with van der Waals surface area (Å²) < 4.78 is 51.4. The average Bonchev–Trinajstić information content (AvgIpc) is 2.48. The molecule has 0 unspecified atom stereocenters. The van der Waals surface area contributed by atoms with Crippen molar-refractivity contribution in [3.8, 4) is 0 Å². The second-order valence-electron chi connectivity index (χ2n) is 5.51. The van der Waals surface area contributed by atoms with Crippen molar-refractivity contribution in [1.82, 2.24) is 0 Å². The highest BCUT2D eigenvalue weighted by Gasteiger charge is 2.33. The fourth-order valence-electron chi connectivity index (χ4n) is 2.25. The van der Waals surface area contributed by atoms with E-state index < -0.39 is 29.1 Å². The van der Waals surface area contributed by atoms with Crippen LogP contribution in [0.2, 0.25) is 5.02 Å². The Hall–Kier alpha value is -1.63. The molecule has 0 saturated carbocycles. The first-order valence-corrected chi connectivity index (χ1v) is 7.08. The lowest BCUT2D eigenvalue weighted by Crippen LogP contribution is -2.44. The highest BCUT2D eigenvalue weighted by Crippen LogP contribution is 2.34. The maximum atomic E-state index is 13.6. The predicted octanol–water partition coefficient (Wildman–Crippen LogP) is 4.37. The van der Waals surface area contributed by atoms with Gasteiger partial charge in [0.1, 0.15) is 5.82 Å². The minimum atomic E-state index is -4.43. The van der Waals surface area contributed by atoms with Crippen molar-refractivity contribution in [3.63, 3.8) is 0 Å². The van der Waals surface area contributed by atoms with Gasteiger partial charge in [0.2, 0.25) is 0 Å². The SMILES string of the molecule is C[C@](N)(c1ccc(C(F)(F)F)cc1)[C@H](N)c1ccc(Cl)c(F)c1. The molecule has 0 bridgehead atoms. The monoisotopic (exact) mass is 346 g/mol. The van der Waals surface area contributed by atoms with Gasteiger partial charge in [-0.15, -0.1) is 0 Å². The topological polar surface area (TPSA) is 52.0 Å². The Bertz CT molecular complexity index is 696. The predicted molar refractivity (Wildman–Crippen MR) is 81.3 cm³/mol. The van der Waals surface area contributed by atoms with E-state index in [1.807, 2.05) is 0 Å². The first-order chi connectivity index (χ1) is 10.5. The molecule has 2 aromatic rings. The second-order valence-corrected chi connectivity index (χ2v) is 5.92. The van der Waals surface area contributed by atoms with Crippen LogP contribution in [0, 0.1) is 5.82 Å². The molecule has 2 nitrogen and oxygen atoms in total. The molecule has 0 radical (unpaired) electrons. The van der Waals surface area contributed by atoms with Crippen molar-refractivity contribution in [2.45, 2.75) is 24.7 Å². The molecule has 0 aliphatic carbocycles. The molecule has 124 valence electrons. The van der Waals surface area contributed by atoms with Crippen LogP contribution >= 0.6 is 11.6 Å². The maximum Gasteiger partial charge on any atom is 0.416 e. The molecule has 2 aromatic carbocycles. The molecule has 0 saturated heterocycles. The lowest BCUT2D eigenvalue weighted by Gasteiger charge is -2.32. The molecule has 0 amide bonds. The summed E-state index contributed by atoms with van der Waals surface area (Å²) in [6, 6.07) is 7.66. The fourth-order valence-corrected chi connectivity index (χ4v) is 2.37. The van der Waals surface area contributed by atoms with Gasteiger partial charge in [-0.25, -0.2) is 4.39 Å². The summed E-state index contributed by atoms with van der Waals surface area (Å²) in [7, 11) is 0. The summed E-state index contributed by atoms with van der Waals surface area (Å²) >= 11 is 5.62. The molecular formula is C16H15ClF4N2. The Labute approximate surface area is 136 Å². The maximum absolute atomic E-state index is 13.6. The molecule has 4 N–H and O–H groups in total. The molecule has 7 heteroatoms. The Morgan fingerprint density at radius 2 is 1.52 bits per heavy atom. The lowest BCUT2D eigenvalue weighted by atomic mass is 9.82. The summed E-state index contributed by atoms with van der Waals surface area (Å²) in [5.74, 6) is -0.636. The molecule has 0 aromatic heterocycles. The first-order valence-electron chi connectivity index (χ1n) is 6.70. The third-order valence-electron chi connectivity index (χ3n) is 3.78. The third-order valence-corrected chi connectivity index (χ3v) is 4.09. The summed E-state index contributed by atoms with van der Waals surface area (Å²) in [5.41, 5.74) is 11.1. The van der Waals surface area contributed by atoms with Crippen LogP contribution in [0.5, 0.6) is 0 Å². The molecule has 2 atom stereocenters. The van der Waals surface area contributed by atoms with Gasteiger partial charge in [0, 0.05) is 0 Å². The minimum absolute atomic E-state index is 0.0470. The van der Waals surface area contributed by atoms with Gasteiger partial charge in [0.05, 0.1) is 22.2 Å². The summed E-state index contributed by atoms with van der Waals surface area (Å²) in [4.78, 5) is 0. The zero-order valence-corrected chi connectivity index (χ0v) is 12.9. The highest BCUT2D eigenvalue weighted by atomic mass is 35.5. The smallest absolute Gasteiger partial charge is 0.322 e. The molecule has 0 spiro atoms. The van der Waals surface area contributed by atoms with Crippen molar-refractivity contribution in [2.75, 3.05) is 0 Å². The molecule has 0 heterocycles. The number of alkyl halides is 3. The van der Waals surface area contributed by atoms with Crippen molar-refractivity contribution in [1.29, 1.82) is 0 Å². The van der Waals surface area contributed by atoms with E-state index in [1.165, 1.54) is 30.3 Å². The number of rotatable bonds is 3. The summed E-state index contributed by atoms with van der Waals surface area (Å²) in [6.45, 7) is 1.58. The number of halogens is 5. The average molecular weight is 347 g/mol. The Balaban J connectivity index is 2.34. The third kappa shape index (κ3) is 3.65. The Kier molecular flexibility index (Phi) is 4.71. The lowest BCUT2D eigenvalue weighted by molar-refractivity contribution is -0.137. The van der Waals surface area contributed by atoms with Gasteiger partial charge in [-0.3, -0.25) is 0 Å². The van der Waals surface area contributed by atoms with Gasteiger partial charge in [0.25, 0.3) is 0 Å². The van der Waals surface area contributed by atoms with Gasteiger partial charge in [0.15, 0.2) is 0 Å². The number of hydrogen-bond acceptors (Lipinski definition) is 2. The zero-order chi connectivity index (χ0) is 17.4. The van der Waals surface area contributed by atoms with Crippen LogP contribution in [0.15, 0.2) is 42.5 Å². The molecule has 0 fully saturated rings. The number of hydrogen-bond donors (Lipinski definition) is 2. The van der Waals surface area contributed by atoms with Gasteiger partial charge >= 0.3 is 6.18 Å². The van der Waals surface area contributed by atoms with E-state index in [-0.39, 0.29) is 5.02 Å². The summed E-state index contributed by atoms with van der Waals surface area (Å²) in [5, 5.41) is -0.0470. The molecule has 2 rings (SSSR count). The van der Waals surface area contributed by atoms with E-state index in [9.17, 15) is 17.6 Å². The van der Waals surface area contributed by atoms with Crippen molar-refractivity contribution < 1.29 is 17.6 Å². The van der Waals surface area contributed by atoms with Crippen molar-refractivity contribution in [2.24, 2.45) is 11.5 Å². The van der Waals surface area contributed by atoms with E-state index in [2.05, 4.69) is 0 Å². The molecule has 0 aliphatic heterocycles. The Morgan fingerprint density at radius 3 is 2.00 bits per heavy atom. The van der Waals surface area contributed by atoms with Crippen LogP contribution in [0.3, 0.4) is 0 Å². The minimum Gasteiger partial charge on any atom is -0.322 e. The normalized spacial score (nSPS) is 16.0. The second kappa shape index (κ2) is 6.11.